The Bertz CT molecular complexity index is 961. The molecule has 0 aliphatic rings. The molecule has 0 heterocycles. The normalized spacial score (nSPS) is 11.6. The molecule has 138 valence electrons. The largest absolute Gasteiger partial charge is 0.478 e. The number of hydrogen-bond donors (Lipinski definition) is 2. The third kappa shape index (κ3) is 5.09. The van der Waals surface area contributed by atoms with E-state index >= 15 is 0 Å². The second kappa shape index (κ2) is 7.93. The molecule has 2 aromatic rings. The molecule has 0 aliphatic carbocycles. The van der Waals surface area contributed by atoms with Gasteiger partial charge in [-0.25, -0.2) is 4.79 Å². The van der Waals surface area contributed by atoms with Gasteiger partial charge in [0.15, 0.2) is 0 Å². The number of carboxylic acid groups (broad SMARTS) is 1. The molecule has 0 saturated heterocycles. The Kier molecular flexibility index (Phi) is 5.88. The van der Waals surface area contributed by atoms with Crippen LogP contribution in [0.25, 0.3) is 6.08 Å². The topological polar surface area (TPSA) is 90.2 Å². The summed E-state index contributed by atoms with van der Waals surface area (Å²) in [6.45, 7) is 0. The number of benzene rings is 2. The number of halogens is 4. The Morgan fingerprint density at radius 2 is 1.78 bits per heavy atom. The zero-order chi connectivity index (χ0) is 20.2. The van der Waals surface area contributed by atoms with Crippen LogP contribution in [-0.4, -0.2) is 17.0 Å². The molecule has 0 unspecified atom stereocenters. The molecule has 9 heteroatoms. The molecule has 0 aliphatic heterocycles. The molecule has 2 aromatic carbocycles. The highest BCUT2D eigenvalue weighted by atomic mass is 35.5. The van der Waals surface area contributed by atoms with Crippen molar-refractivity contribution in [3.8, 4) is 6.07 Å². The Labute approximate surface area is 156 Å². The van der Waals surface area contributed by atoms with Crippen LogP contribution in [0.5, 0.6) is 0 Å². The predicted octanol–water partition coefficient (Wildman–Crippen LogP) is 4.60. The number of alkyl halides is 3. The van der Waals surface area contributed by atoms with Crippen molar-refractivity contribution in [3.05, 3.63) is 69.8 Å². The van der Waals surface area contributed by atoms with E-state index in [0.717, 1.165) is 12.1 Å². The minimum absolute atomic E-state index is 0.0193. The van der Waals surface area contributed by atoms with Crippen molar-refractivity contribution in [1.82, 2.24) is 0 Å². The van der Waals surface area contributed by atoms with Gasteiger partial charge in [-0.3, -0.25) is 4.79 Å². The Hall–Kier alpha value is -3.31. The fourth-order valence-electron chi connectivity index (χ4n) is 2.02. The number of amides is 1. The van der Waals surface area contributed by atoms with Crippen molar-refractivity contribution in [1.29, 1.82) is 5.26 Å². The number of carboxylic acids is 1. The van der Waals surface area contributed by atoms with Gasteiger partial charge in [-0.15, -0.1) is 0 Å². The fraction of sp³-hybridized carbons (Fsp3) is 0.0556. The molecule has 0 bridgehead atoms. The number of nitriles is 1. The van der Waals surface area contributed by atoms with Crippen LogP contribution in [-0.2, 0) is 11.0 Å². The number of hydrogen-bond acceptors (Lipinski definition) is 3. The molecule has 0 saturated carbocycles. The Balaban J connectivity index is 2.27. The van der Waals surface area contributed by atoms with Gasteiger partial charge in [0.1, 0.15) is 11.6 Å². The molecule has 0 atom stereocenters. The first-order chi connectivity index (χ1) is 12.6. The number of carbonyl (C=O) groups is 2. The van der Waals surface area contributed by atoms with E-state index in [4.69, 9.17) is 22.0 Å². The van der Waals surface area contributed by atoms with E-state index in [1.165, 1.54) is 30.3 Å². The van der Waals surface area contributed by atoms with E-state index in [1.54, 1.807) is 6.07 Å². The minimum atomic E-state index is -4.62. The number of anilines is 1. The lowest BCUT2D eigenvalue weighted by Crippen LogP contribution is -2.15. The Morgan fingerprint density at radius 1 is 1.15 bits per heavy atom. The fourth-order valence-corrected chi connectivity index (χ4v) is 2.19. The van der Waals surface area contributed by atoms with Gasteiger partial charge >= 0.3 is 12.1 Å². The monoisotopic (exact) mass is 394 g/mol. The molecule has 1 amide bonds. The van der Waals surface area contributed by atoms with E-state index in [1.807, 2.05) is 0 Å². The third-order valence-electron chi connectivity index (χ3n) is 3.38. The maximum Gasteiger partial charge on any atom is 0.416 e. The van der Waals surface area contributed by atoms with Crippen LogP contribution in [0.15, 0.2) is 48.0 Å². The highest BCUT2D eigenvalue weighted by Crippen LogP contribution is 2.34. The summed E-state index contributed by atoms with van der Waals surface area (Å²) in [6, 6.07) is 9.38. The second-order valence-corrected chi connectivity index (χ2v) is 5.65. The van der Waals surface area contributed by atoms with Crippen molar-refractivity contribution in [3.63, 3.8) is 0 Å². The number of rotatable bonds is 4. The van der Waals surface area contributed by atoms with Gasteiger partial charge in [0, 0.05) is 0 Å². The molecule has 0 spiro atoms. The molecule has 27 heavy (non-hydrogen) atoms. The van der Waals surface area contributed by atoms with Gasteiger partial charge in [-0.05, 0) is 42.0 Å². The van der Waals surface area contributed by atoms with Gasteiger partial charge in [-0.2, -0.15) is 18.4 Å². The molecular weight excluding hydrogens is 385 g/mol. The summed E-state index contributed by atoms with van der Waals surface area (Å²) < 4.78 is 38.3. The molecule has 0 radical (unpaired) electrons. The summed E-state index contributed by atoms with van der Waals surface area (Å²) in [5.74, 6) is -2.09. The highest BCUT2D eigenvalue weighted by Gasteiger charge is 2.31. The van der Waals surface area contributed by atoms with E-state index in [9.17, 15) is 22.8 Å². The van der Waals surface area contributed by atoms with Gasteiger partial charge in [-0.1, -0.05) is 23.7 Å². The molecule has 0 aromatic heterocycles. The summed E-state index contributed by atoms with van der Waals surface area (Å²) in [5.41, 5.74) is -1.31. The van der Waals surface area contributed by atoms with Crippen LogP contribution in [0.1, 0.15) is 21.5 Å². The van der Waals surface area contributed by atoms with Gasteiger partial charge in [0.2, 0.25) is 0 Å². The maximum absolute atomic E-state index is 12.8. The number of nitrogens with one attached hydrogen (secondary N) is 1. The second-order valence-electron chi connectivity index (χ2n) is 5.24. The molecule has 2 N–H and O–H groups in total. The van der Waals surface area contributed by atoms with Crippen molar-refractivity contribution in [2.45, 2.75) is 6.18 Å². The van der Waals surface area contributed by atoms with E-state index in [0.29, 0.717) is 11.6 Å². The quantitative estimate of drug-likeness (QED) is 0.585. The lowest BCUT2D eigenvalue weighted by atomic mass is 10.1. The van der Waals surface area contributed by atoms with Gasteiger partial charge < -0.3 is 10.4 Å². The standard InChI is InChI=1S/C18H10ClF3N2O3/c19-14-6-5-13(18(20,21)22)8-15(14)24-16(25)12(9-23)7-10-1-3-11(4-2-10)17(26)27/h1-8H,(H,24,25)(H,26,27). The summed E-state index contributed by atoms with van der Waals surface area (Å²) in [6.07, 6.45) is -3.45. The minimum Gasteiger partial charge on any atom is -0.478 e. The molecule has 0 fully saturated rings. The number of nitrogens with zero attached hydrogens (tertiary/aromatic N) is 1. The Morgan fingerprint density at radius 3 is 2.30 bits per heavy atom. The maximum atomic E-state index is 12.8. The first-order valence-electron chi connectivity index (χ1n) is 7.25. The smallest absolute Gasteiger partial charge is 0.416 e. The van der Waals surface area contributed by atoms with Gasteiger partial charge in [0.05, 0.1) is 21.8 Å². The zero-order valence-corrected chi connectivity index (χ0v) is 14.1. The van der Waals surface area contributed by atoms with Crippen LogP contribution in [0, 0.1) is 11.3 Å². The highest BCUT2D eigenvalue weighted by molar-refractivity contribution is 6.34. The van der Waals surface area contributed by atoms with Crippen LogP contribution in [0.2, 0.25) is 5.02 Å². The van der Waals surface area contributed by atoms with Crippen LogP contribution >= 0.6 is 11.6 Å². The van der Waals surface area contributed by atoms with Crippen molar-refractivity contribution in [2.24, 2.45) is 0 Å². The van der Waals surface area contributed by atoms with Crippen molar-refractivity contribution < 1.29 is 27.9 Å². The third-order valence-corrected chi connectivity index (χ3v) is 3.71. The van der Waals surface area contributed by atoms with Crippen LogP contribution in [0.4, 0.5) is 18.9 Å². The van der Waals surface area contributed by atoms with Crippen molar-refractivity contribution in [2.75, 3.05) is 5.32 Å². The SMILES string of the molecule is N#CC(=Cc1ccc(C(=O)O)cc1)C(=O)Nc1cc(C(F)(F)F)ccc1Cl. The first kappa shape index (κ1) is 20.0. The molecule has 5 nitrogen and oxygen atoms in total. The average Bonchev–Trinajstić information content (AvgIpc) is 2.60. The molecule has 2 rings (SSSR count). The lowest BCUT2D eigenvalue weighted by molar-refractivity contribution is -0.137. The number of aromatic carboxylic acids is 1. The lowest BCUT2D eigenvalue weighted by Gasteiger charge is -2.11. The van der Waals surface area contributed by atoms with E-state index < -0.39 is 29.2 Å². The van der Waals surface area contributed by atoms with Crippen LogP contribution < -0.4 is 5.32 Å². The first-order valence-corrected chi connectivity index (χ1v) is 7.63. The summed E-state index contributed by atoms with van der Waals surface area (Å²) in [4.78, 5) is 23.0. The van der Waals surface area contributed by atoms with Crippen molar-refractivity contribution >= 4 is 35.2 Å². The van der Waals surface area contributed by atoms with Crippen LogP contribution in [0.3, 0.4) is 0 Å². The van der Waals surface area contributed by atoms with E-state index in [2.05, 4.69) is 5.32 Å². The summed E-state index contributed by atoms with van der Waals surface area (Å²) >= 11 is 5.81. The molecular formula is C18H10ClF3N2O3. The van der Waals surface area contributed by atoms with E-state index in [-0.39, 0.29) is 16.3 Å². The average molecular weight is 395 g/mol. The number of carbonyl (C=O) groups excluding carboxylic acids is 1. The summed E-state index contributed by atoms with van der Waals surface area (Å²) in [7, 11) is 0. The van der Waals surface area contributed by atoms with Gasteiger partial charge in [0.25, 0.3) is 5.91 Å². The summed E-state index contributed by atoms with van der Waals surface area (Å²) in [5, 5.41) is 20.0. The zero-order valence-electron chi connectivity index (χ0n) is 13.3. The predicted molar refractivity (Wildman–Crippen MR) is 92.1 cm³/mol.